The average molecular weight is 213 g/mol. The molecule has 0 unspecified atom stereocenters. The van der Waals surface area contributed by atoms with Crippen molar-refractivity contribution >= 4 is 0 Å². The van der Waals surface area contributed by atoms with Crippen molar-refractivity contribution in [3.05, 3.63) is 53.8 Å². The Morgan fingerprint density at radius 3 is 2.47 bits per heavy atom. The first-order valence-electron chi connectivity index (χ1n) is 4.43. The maximum Gasteiger partial charge on any atom is 0.416 e. The molecule has 2 rings (SSSR count). The highest BCUT2D eigenvalue weighted by Gasteiger charge is 2.36. The van der Waals surface area contributed by atoms with E-state index in [0.717, 1.165) is 6.07 Å². The monoisotopic (exact) mass is 213 g/mol. The van der Waals surface area contributed by atoms with E-state index in [9.17, 15) is 13.2 Å². The number of rotatable bonds is 1. The lowest BCUT2D eigenvalue weighted by molar-refractivity contribution is -0.138. The van der Waals surface area contributed by atoms with E-state index in [-0.39, 0.29) is 5.56 Å². The Morgan fingerprint density at radius 2 is 1.87 bits per heavy atom. The van der Waals surface area contributed by atoms with Crippen LogP contribution in [0.15, 0.2) is 36.6 Å². The molecular formula is C11H8F3O. The molecule has 0 bridgehead atoms. The lowest BCUT2D eigenvalue weighted by Crippen LogP contribution is -2.11. The van der Waals surface area contributed by atoms with Crippen molar-refractivity contribution in [1.82, 2.24) is 0 Å². The molecule has 1 aromatic carbocycles. The van der Waals surface area contributed by atoms with Crippen LogP contribution in [-0.4, -0.2) is 0 Å². The summed E-state index contributed by atoms with van der Waals surface area (Å²) in [5.74, 6) is 0. The van der Waals surface area contributed by atoms with Gasteiger partial charge in [-0.05, 0) is 12.1 Å². The van der Waals surface area contributed by atoms with E-state index in [1.54, 1.807) is 12.1 Å². The van der Waals surface area contributed by atoms with E-state index >= 15 is 0 Å². The molecule has 0 fully saturated rings. The lowest BCUT2D eigenvalue weighted by Gasteiger charge is -2.15. The highest BCUT2D eigenvalue weighted by atomic mass is 19.4. The summed E-state index contributed by atoms with van der Waals surface area (Å²) >= 11 is 0. The molecule has 0 aromatic heterocycles. The highest BCUT2D eigenvalue weighted by molar-refractivity contribution is 5.39. The Hall–Kier alpha value is -1.45. The Morgan fingerprint density at radius 1 is 1.13 bits per heavy atom. The van der Waals surface area contributed by atoms with Crippen molar-refractivity contribution < 1.29 is 17.9 Å². The molecule has 15 heavy (non-hydrogen) atoms. The van der Waals surface area contributed by atoms with Gasteiger partial charge in [0.25, 0.3) is 0 Å². The standard InChI is InChI=1S/C11H8F3O/c12-11(13,14)9-5-2-1-4-8(9)10-6-3-7-15-10/h1-5,7H,6H2. The van der Waals surface area contributed by atoms with Crippen LogP contribution in [0.2, 0.25) is 0 Å². The van der Waals surface area contributed by atoms with E-state index in [1.807, 2.05) is 0 Å². The molecule has 0 atom stereocenters. The third-order valence-electron chi connectivity index (χ3n) is 2.14. The molecule has 0 N–H and O–H groups in total. The molecule has 0 amide bonds. The van der Waals surface area contributed by atoms with Gasteiger partial charge >= 0.3 is 6.18 Å². The molecule has 1 aliphatic heterocycles. The molecule has 1 aromatic rings. The maximum absolute atomic E-state index is 12.6. The Labute approximate surface area is 85.2 Å². The average Bonchev–Trinajstić information content (AvgIpc) is 2.69. The van der Waals surface area contributed by atoms with Crippen LogP contribution in [-0.2, 0) is 10.9 Å². The van der Waals surface area contributed by atoms with Crippen LogP contribution in [0.4, 0.5) is 13.2 Å². The number of ether oxygens (including phenoxy) is 1. The minimum atomic E-state index is -4.34. The van der Waals surface area contributed by atoms with Crippen LogP contribution in [0.5, 0.6) is 0 Å². The Kier molecular flexibility index (Phi) is 2.42. The van der Waals surface area contributed by atoms with Gasteiger partial charge in [0.15, 0.2) is 6.10 Å². The Balaban J connectivity index is 2.38. The van der Waals surface area contributed by atoms with E-state index in [2.05, 4.69) is 0 Å². The molecular weight excluding hydrogens is 205 g/mol. The molecule has 1 radical (unpaired) electrons. The van der Waals surface area contributed by atoms with Crippen LogP contribution in [0.3, 0.4) is 0 Å². The van der Waals surface area contributed by atoms with Crippen LogP contribution >= 0.6 is 0 Å². The third-order valence-corrected chi connectivity index (χ3v) is 2.14. The van der Waals surface area contributed by atoms with Crippen LogP contribution < -0.4 is 0 Å². The van der Waals surface area contributed by atoms with Crippen LogP contribution in [0.1, 0.15) is 17.5 Å². The van der Waals surface area contributed by atoms with Gasteiger partial charge in [0.1, 0.15) is 0 Å². The van der Waals surface area contributed by atoms with Crippen molar-refractivity contribution in [2.45, 2.75) is 12.6 Å². The quantitative estimate of drug-likeness (QED) is 0.693. The lowest BCUT2D eigenvalue weighted by atomic mass is 10.0. The van der Waals surface area contributed by atoms with E-state index in [0.29, 0.717) is 12.5 Å². The number of hydrogen-bond acceptors (Lipinski definition) is 1. The van der Waals surface area contributed by atoms with Gasteiger partial charge in [-0.25, -0.2) is 0 Å². The summed E-state index contributed by atoms with van der Waals surface area (Å²) in [5.41, 5.74) is -0.529. The van der Waals surface area contributed by atoms with Gasteiger partial charge in [0.2, 0.25) is 0 Å². The van der Waals surface area contributed by atoms with E-state index in [4.69, 9.17) is 4.74 Å². The first-order valence-corrected chi connectivity index (χ1v) is 4.43. The normalized spacial score (nSPS) is 16.7. The number of benzene rings is 1. The van der Waals surface area contributed by atoms with Gasteiger partial charge in [-0.1, -0.05) is 18.2 Å². The second kappa shape index (κ2) is 3.61. The van der Waals surface area contributed by atoms with Gasteiger partial charge < -0.3 is 4.74 Å². The zero-order valence-corrected chi connectivity index (χ0v) is 7.71. The summed E-state index contributed by atoms with van der Waals surface area (Å²) in [6.45, 7) is 0. The zero-order chi connectivity index (χ0) is 10.9. The molecule has 0 saturated carbocycles. The topological polar surface area (TPSA) is 9.23 Å². The maximum atomic E-state index is 12.6. The number of alkyl halides is 3. The van der Waals surface area contributed by atoms with Crippen LogP contribution in [0, 0.1) is 6.10 Å². The molecule has 1 heterocycles. The van der Waals surface area contributed by atoms with Crippen molar-refractivity contribution in [3.8, 4) is 0 Å². The van der Waals surface area contributed by atoms with E-state index < -0.39 is 11.7 Å². The number of hydrogen-bond donors (Lipinski definition) is 0. The molecule has 1 aliphatic rings. The third kappa shape index (κ3) is 1.98. The predicted octanol–water partition coefficient (Wildman–Crippen LogP) is 3.52. The Bertz CT molecular complexity index is 374. The van der Waals surface area contributed by atoms with E-state index in [1.165, 1.54) is 18.4 Å². The van der Waals surface area contributed by atoms with Gasteiger partial charge in [-0.3, -0.25) is 0 Å². The minimum Gasteiger partial charge on any atom is -0.486 e. The molecule has 1 nitrogen and oxygen atoms in total. The number of halogens is 3. The van der Waals surface area contributed by atoms with Gasteiger partial charge in [-0.15, -0.1) is 0 Å². The minimum absolute atomic E-state index is 0.120. The summed E-state index contributed by atoms with van der Waals surface area (Å²) in [4.78, 5) is 0. The molecule has 0 spiro atoms. The van der Waals surface area contributed by atoms with Crippen molar-refractivity contribution in [2.75, 3.05) is 0 Å². The summed E-state index contributed by atoms with van der Waals surface area (Å²) in [5, 5.41) is 0. The second-order valence-corrected chi connectivity index (χ2v) is 3.16. The fourth-order valence-corrected chi connectivity index (χ4v) is 1.48. The SMILES string of the molecule is FC(F)(F)c1ccccc1[C]1CC=CO1. The van der Waals surface area contributed by atoms with Crippen molar-refractivity contribution in [1.29, 1.82) is 0 Å². The summed E-state index contributed by atoms with van der Waals surface area (Å²) in [7, 11) is 0. The van der Waals surface area contributed by atoms with Crippen molar-refractivity contribution in [2.24, 2.45) is 0 Å². The zero-order valence-electron chi connectivity index (χ0n) is 7.71. The first-order chi connectivity index (χ1) is 7.09. The smallest absolute Gasteiger partial charge is 0.416 e. The molecule has 0 aliphatic carbocycles. The highest BCUT2D eigenvalue weighted by Crippen LogP contribution is 2.37. The fraction of sp³-hybridized carbons (Fsp3) is 0.182. The second-order valence-electron chi connectivity index (χ2n) is 3.16. The fourth-order valence-electron chi connectivity index (χ4n) is 1.48. The van der Waals surface area contributed by atoms with Gasteiger partial charge in [0, 0.05) is 12.0 Å². The van der Waals surface area contributed by atoms with Crippen LogP contribution in [0.25, 0.3) is 0 Å². The van der Waals surface area contributed by atoms with Gasteiger partial charge in [0.05, 0.1) is 11.8 Å². The van der Waals surface area contributed by atoms with Gasteiger partial charge in [-0.2, -0.15) is 13.2 Å². The largest absolute Gasteiger partial charge is 0.486 e. The van der Waals surface area contributed by atoms with Crippen molar-refractivity contribution in [3.63, 3.8) is 0 Å². The summed E-state index contributed by atoms with van der Waals surface area (Å²) < 4.78 is 42.8. The molecule has 0 saturated heterocycles. The first kappa shape index (κ1) is 10.1. The predicted molar refractivity (Wildman–Crippen MR) is 48.6 cm³/mol. The summed E-state index contributed by atoms with van der Waals surface area (Å²) in [6.07, 6.45) is -0.490. The molecule has 4 heteroatoms. The molecule has 79 valence electrons. The summed E-state index contributed by atoms with van der Waals surface area (Å²) in [6, 6.07) is 5.42.